The third-order valence-corrected chi connectivity index (χ3v) is 4.82. The molecule has 0 aliphatic rings. The standard InChI is InChI=1S/C12H13ClOS2/c13-10-6-8-16-12(10)11(14)5-1-3-9-4-2-7-15-9/h2,4,6-8,11,14H,1,3,5H2. The highest BCUT2D eigenvalue weighted by Gasteiger charge is 2.12. The fraction of sp³-hybridized carbons (Fsp3) is 0.333. The summed E-state index contributed by atoms with van der Waals surface area (Å²) in [6, 6.07) is 6.03. The van der Waals surface area contributed by atoms with Crippen molar-refractivity contribution in [3.05, 3.63) is 43.7 Å². The van der Waals surface area contributed by atoms with E-state index in [-0.39, 0.29) is 0 Å². The molecule has 0 aromatic carbocycles. The normalized spacial score (nSPS) is 12.9. The third kappa shape index (κ3) is 3.08. The maximum absolute atomic E-state index is 9.95. The van der Waals surface area contributed by atoms with Crippen LogP contribution in [0.4, 0.5) is 0 Å². The highest BCUT2D eigenvalue weighted by atomic mass is 35.5. The third-order valence-electron chi connectivity index (χ3n) is 2.43. The number of hydrogen-bond acceptors (Lipinski definition) is 3. The summed E-state index contributed by atoms with van der Waals surface area (Å²) < 4.78 is 0. The summed E-state index contributed by atoms with van der Waals surface area (Å²) in [6.07, 6.45) is 2.40. The summed E-state index contributed by atoms with van der Waals surface area (Å²) in [5.41, 5.74) is 0. The number of halogens is 1. The number of aryl methyl sites for hydroxylation is 1. The van der Waals surface area contributed by atoms with E-state index in [2.05, 4.69) is 17.5 Å². The molecule has 0 saturated carbocycles. The molecule has 86 valence electrons. The number of hydrogen-bond donors (Lipinski definition) is 1. The van der Waals surface area contributed by atoms with Gasteiger partial charge < -0.3 is 5.11 Å². The van der Waals surface area contributed by atoms with Crippen molar-refractivity contribution in [1.82, 2.24) is 0 Å². The molecule has 0 fully saturated rings. The molecule has 16 heavy (non-hydrogen) atoms. The van der Waals surface area contributed by atoms with Crippen molar-refractivity contribution in [3.8, 4) is 0 Å². The summed E-state index contributed by atoms with van der Waals surface area (Å²) in [4.78, 5) is 2.28. The van der Waals surface area contributed by atoms with Gasteiger partial charge in [0.1, 0.15) is 0 Å². The minimum absolute atomic E-state index is 0.410. The van der Waals surface area contributed by atoms with Gasteiger partial charge in [-0.15, -0.1) is 22.7 Å². The van der Waals surface area contributed by atoms with Gasteiger partial charge in [-0.05, 0) is 42.2 Å². The van der Waals surface area contributed by atoms with Gasteiger partial charge in [0.2, 0.25) is 0 Å². The van der Waals surface area contributed by atoms with E-state index in [1.54, 1.807) is 11.3 Å². The lowest BCUT2D eigenvalue weighted by Crippen LogP contribution is -1.96. The van der Waals surface area contributed by atoms with E-state index >= 15 is 0 Å². The van der Waals surface area contributed by atoms with Gasteiger partial charge in [-0.1, -0.05) is 17.7 Å². The van der Waals surface area contributed by atoms with Crippen molar-refractivity contribution in [2.24, 2.45) is 0 Å². The highest BCUT2D eigenvalue weighted by molar-refractivity contribution is 7.10. The van der Waals surface area contributed by atoms with Gasteiger partial charge in [-0.2, -0.15) is 0 Å². The Morgan fingerprint density at radius 2 is 2.12 bits per heavy atom. The van der Waals surface area contributed by atoms with Crippen LogP contribution in [0.3, 0.4) is 0 Å². The lowest BCUT2D eigenvalue weighted by Gasteiger charge is -2.08. The number of rotatable bonds is 5. The molecule has 0 saturated heterocycles. The molecule has 2 aromatic rings. The van der Waals surface area contributed by atoms with Gasteiger partial charge in [0, 0.05) is 4.88 Å². The fourth-order valence-corrected chi connectivity index (χ4v) is 3.55. The Kier molecular flexibility index (Phi) is 4.41. The van der Waals surface area contributed by atoms with Crippen molar-refractivity contribution in [2.75, 3.05) is 0 Å². The van der Waals surface area contributed by atoms with E-state index in [0.717, 1.165) is 24.1 Å². The molecule has 0 aliphatic carbocycles. The lowest BCUT2D eigenvalue weighted by molar-refractivity contribution is 0.168. The fourth-order valence-electron chi connectivity index (χ4n) is 1.60. The number of thiophene rings is 2. The Balaban J connectivity index is 1.80. The summed E-state index contributed by atoms with van der Waals surface area (Å²) in [5, 5.41) is 14.6. The van der Waals surface area contributed by atoms with Crippen LogP contribution < -0.4 is 0 Å². The number of aliphatic hydroxyl groups is 1. The Morgan fingerprint density at radius 3 is 2.75 bits per heavy atom. The second kappa shape index (κ2) is 5.82. The van der Waals surface area contributed by atoms with Crippen molar-refractivity contribution in [3.63, 3.8) is 0 Å². The zero-order valence-electron chi connectivity index (χ0n) is 8.73. The Labute approximate surface area is 108 Å². The van der Waals surface area contributed by atoms with Crippen molar-refractivity contribution >= 4 is 34.3 Å². The predicted molar refractivity (Wildman–Crippen MR) is 71.5 cm³/mol. The molecule has 0 amide bonds. The predicted octanol–water partition coefficient (Wildman–Crippen LogP) is 4.52. The van der Waals surface area contributed by atoms with E-state index in [4.69, 9.17) is 11.6 Å². The van der Waals surface area contributed by atoms with Gasteiger partial charge in [-0.3, -0.25) is 0 Å². The average molecular weight is 273 g/mol. The molecule has 1 atom stereocenters. The van der Waals surface area contributed by atoms with Crippen LogP contribution in [0.1, 0.15) is 28.7 Å². The molecule has 1 nitrogen and oxygen atoms in total. The molecular weight excluding hydrogens is 260 g/mol. The minimum Gasteiger partial charge on any atom is -0.388 e. The quantitative estimate of drug-likeness (QED) is 0.848. The molecule has 1 unspecified atom stereocenters. The summed E-state index contributed by atoms with van der Waals surface area (Å²) in [7, 11) is 0. The van der Waals surface area contributed by atoms with Crippen LogP contribution in [0.5, 0.6) is 0 Å². The van der Waals surface area contributed by atoms with Crippen LogP contribution in [-0.4, -0.2) is 5.11 Å². The topological polar surface area (TPSA) is 20.2 Å². The molecule has 4 heteroatoms. The monoisotopic (exact) mass is 272 g/mol. The highest BCUT2D eigenvalue weighted by Crippen LogP contribution is 2.31. The summed E-state index contributed by atoms with van der Waals surface area (Å²) in [6.45, 7) is 0. The van der Waals surface area contributed by atoms with E-state index < -0.39 is 6.10 Å². The first-order chi connectivity index (χ1) is 7.77. The Hall–Kier alpha value is -0.350. The van der Waals surface area contributed by atoms with Crippen LogP contribution in [0, 0.1) is 0 Å². The maximum Gasteiger partial charge on any atom is 0.0897 e. The Morgan fingerprint density at radius 1 is 1.25 bits per heavy atom. The second-order valence-corrected chi connectivity index (χ2v) is 6.01. The smallest absolute Gasteiger partial charge is 0.0897 e. The zero-order chi connectivity index (χ0) is 11.4. The molecule has 0 bridgehead atoms. The first kappa shape index (κ1) is 12.1. The first-order valence-electron chi connectivity index (χ1n) is 5.20. The van der Waals surface area contributed by atoms with Crippen LogP contribution in [0.2, 0.25) is 5.02 Å². The van der Waals surface area contributed by atoms with Gasteiger partial charge in [0.25, 0.3) is 0 Å². The van der Waals surface area contributed by atoms with E-state index in [1.807, 2.05) is 11.4 Å². The van der Waals surface area contributed by atoms with Crippen molar-refractivity contribution < 1.29 is 5.11 Å². The zero-order valence-corrected chi connectivity index (χ0v) is 11.1. The van der Waals surface area contributed by atoms with Gasteiger partial charge in [-0.25, -0.2) is 0 Å². The lowest BCUT2D eigenvalue weighted by atomic mass is 10.1. The van der Waals surface area contributed by atoms with Crippen LogP contribution >= 0.6 is 34.3 Å². The maximum atomic E-state index is 9.95. The SMILES string of the molecule is OC(CCCc1cccs1)c1sccc1Cl. The largest absolute Gasteiger partial charge is 0.388 e. The van der Waals surface area contributed by atoms with Crippen LogP contribution in [0.25, 0.3) is 0 Å². The molecule has 0 aliphatic heterocycles. The van der Waals surface area contributed by atoms with Crippen molar-refractivity contribution in [2.45, 2.75) is 25.4 Å². The molecule has 1 N–H and O–H groups in total. The van der Waals surface area contributed by atoms with Crippen LogP contribution in [-0.2, 0) is 6.42 Å². The Bertz CT molecular complexity index is 422. The van der Waals surface area contributed by atoms with E-state index in [1.165, 1.54) is 16.2 Å². The number of aliphatic hydroxyl groups excluding tert-OH is 1. The molecular formula is C12H13ClOS2. The molecule has 2 heterocycles. The molecule has 2 aromatic heterocycles. The first-order valence-corrected chi connectivity index (χ1v) is 7.34. The van der Waals surface area contributed by atoms with Crippen molar-refractivity contribution in [1.29, 1.82) is 0 Å². The minimum atomic E-state index is -0.410. The molecule has 0 radical (unpaired) electrons. The van der Waals surface area contributed by atoms with Gasteiger partial charge in [0.05, 0.1) is 16.0 Å². The molecule has 2 rings (SSSR count). The van der Waals surface area contributed by atoms with E-state index in [9.17, 15) is 5.11 Å². The molecule has 0 spiro atoms. The summed E-state index contributed by atoms with van der Waals surface area (Å²) >= 11 is 9.26. The average Bonchev–Trinajstić information content (AvgIpc) is 2.88. The van der Waals surface area contributed by atoms with E-state index in [0.29, 0.717) is 5.02 Å². The second-order valence-electron chi connectivity index (χ2n) is 3.62. The summed E-state index contributed by atoms with van der Waals surface area (Å²) in [5.74, 6) is 0. The van der Waals surface area contributed by atoms with Crippen LogP contribution in [0.15, 0.2) is 29.0 Å². The van der Waals surface area contributed by atoms with Gasteiger partial charge >= 0.3 is 0 Å². The van der Waals surface area contributed by atoms with Gasteiger partial charge in [0.15, 0.2) is 0 Å².